The van der Waals surface area contributed by atoms with Crippen LogP contribution in [0.3, 0.4) is 0 Å². The number of aromatic nitrogens is 1. The fourth-order valence-corrected chi connectivity index (χ4v) is 3.54. The third-order valence-corrected chi connectivity index (χ3v) is 5.03. The van der Waals surface area contributed by atoms with E-state index in [0.29, 0.717) is 12.1 Å². The van der Waals surface area contributed by atoms with Gasteiger partial charge in [0.05, 0.1) is 0 Å². The Bertz CT molecular complexity index is 642. The molecule has 3 heteroatoms. The molecular weight excluding hydrogens is 294 g/mol. The van der Waals surface area contributed by atoms with Crippen molar-refractivity contribution >= 4 is 5.69 Å². The van der Waals surface area contributed by atoms with Gasteiger partial charge in [-0.3, -0.25) is 4.98 Å². The van der Waals surface area contributed by atoms with E-state index < -0.39 is 0 Å². The van der Waals surface area contributed by atoms with Crippen molar-refractivity contribution in [2.45, 2.75) is 52.1 Å². The van der Waals surface area contributed by atoms with E-state index >= 15 is 0 Å². The van der Waals surface area contributed by atoms with E-state index in [-0.39, 0.29) is 0 Å². The van der Waals surface area contributed by atoms with Gasteiger partial charge in [-0.05, 0) is 57.4 Å². The molecule has 1 aromatic heterocycles. The molecule has 0 spiro atoms. The lowest BCUT2D eigenvalue weighted by molar-refractivity contribution is 0.374. The molecule has 0 saturated carbocycles. The highest BCUT2D eigenvalue weighted by molar-refractivity contribution is 5.47. The molecule has 128 valence electrons. The second kappa shape index (κ2) is 7.80. The molecule has 0 radical (unpaired) electrons. The number of pyridine rings is 1. The number of anilines is 1. The first-order valence-corrected chi connectivity index (χ1v) is 9.10. The minimum absolute atomic E-state index is 0.467. The van der Waals surface area contributed by atoms with Crippen LogP contribution in [0, 0.1) is 13.8 Å². The molecule has 0 amide bonds. The zero-order chi connectivity index (χ0) is 16.9. The van der Waals surface area contributed by atoms with E-state index in [0.717, 1.165) is 19.5 Å². The highest BCUT2D eigenvalue weighted by Gasteiger charge is 2.21. The third-order valence-electron chi connectivity index (χ3n) is 5.03. The molecule has 0 bridgehead atoms. The lowest BCUT2D eigenvalue weighted by Gasteiger charge is -2.35. The largest absolute Gasteiger partial charge is 0.371 e. The summed E-state index contributed by atoms with van der Waals surface area (Å²) in [6.45, 7) is 8.84. The van der Waals surface area contributed by atoms with E-state index in [1.54, 1.807) is 0 Å². The highest BCUT2D eigenvalue weighted by atomic mass is 15.1. The van der Waals surface area contributed by atoms with Gasteiger partial charge in [-0.1, -0.05) is 23.8 Å². The quantitative estimate of drug-likeness (QED) is 0.905. The molecule has 2 heterocycles. The van der Waals surface area contributed by atoms with E-state index in [2.05, 4.69) is 66.3 Å². The maximum atomic E-state index is 4.52. The van der Waals surface area contributed by atoms with Crippen LogP contribution in [0.1, 0.15) is 36.6 Å². The number of piperidine rings is 1. The molecule has 1 fully saturated rings. The summed E-state index contributed by atoms with van der Waals surface area (Å²) >= 11 is 0. The van der Waals surface area contributed by atoms with E-state index in [4.69, 9.17) is 0 Å². The Hall–Kier alpha value is -1.87. The molecule has 0 aliphatic carbocycles. The Morgan fingerprint density at radius 1 is 1.12 bits per heavy atom. The first kappa shape index (κ1) is 17.0. The Morgan fingerprint density at radius 2 is 1.83 bits per heavy atom. The molecule has 1 atom stereocenters. The minimum atomic E-state index is 0.467. The predicted molar refractivity (Wildman–Crippen MR) is 102 cm³/mol. The van der Waals surface area contributed by atoms with Crippen LogP contribution >= 0.6 is 0 Å². The van der Waals surface area contributed by atoms with Crippen molar-refractivity contribution in [3.63, 3.8) is 0 Å². The van der Waals surface area contributed by atoms with Gasteiger partial charge in [0.25, 0.3) is 0 Å². The van der Waals surface area contributed by atoms with Crippen molar-refractivity contribution in [3.8, 4) is 0 Å². The van der Waals surface area contributed by atoms with Crippen LogP contribution in [0.2, 0.25) is 0 Å². The standard InChI is InChI=1S/C21H29N3/c1-16-6-8-20(9-7-16)24-13-10-19(11-14-24)23-18(3)15-21-17(2)5-4-12-22-21/h4-9,12,18-19,23H,10-11,13-15H2,1-3H3/t18-/m1/s1. The van der Waals surface area contributed by atoms with Gasteiger partial charge in [0.1, 0.15) is 0 Å². The number of benzene rings is 1. The molecule has 2 aromatic rings. The van der Waals surface area contributed by atoms with Gasteiger partial charge in [-0.15, -0.1) is 0 Å². The Morgan fingerprint density at radius 3 is 2.50 bits per heavy atom. The predicted octanol–water partition coefficient (Wildman–Crippen LogP) is 3.89. The lowest BCUT2D eigenvalue weighted by Crippen LogP contribution is -2.46. The van der Waals surface area contributed by atoms with Crippen molar-refractivity contribution < 1.29 is 0 Å². The summed E-state index contributed by atoms with van der Waals surface area (Å²) in [7, 11) is 0. The van der Waals surface area contributed by atoms with Crippen LogP contribution in [0.25, 0.3) is 0 Å². The van der Waals surface area contributed by atoms with Crippen LogP contribution in [0.4, 0.5) is 5.69 Å². The number of aryl methyl sites for hydroxylation is 2. The van der Waals surface area contributed by atoms with Crippen molar-refractivity contribution in [3.05, 3.63) is 59.4 Å². The molecule has 3 rings (SSSR count). The van der Waals surface area contributed by atoms with Crippen molar-refractivity contribution in [1.29, 1.82) is 0 Å². The molecule has 24 heavy (non-hydrogen) atoms. The minimum Gasteiger partial charge on any atom is -0.371 e. The van der Waals surface area contributed by atoms with Gasteiger partial charge in [0.15, 0.2) is 0 Å². The zero-order valence-electron chi connectivity index (χ0n) is 15.1. The molecule has 1 saturated heterocycles. The van der Waals surface area contributed by atoms with Crippen LogP contribution in [-0.4, -0.2) is 30.2 Å². The summed E-state index contributed by atoms with van der Waals surface area (Å²) in [5, 5.41) is 3.81. The average molecular weight is 323 g/mol. The second-order valence-corrected chi connectivity index (χ2v) is 7.14. The van der Waals surface area contributed by atoms with Gasteiger partial charge < -0.3 is 10.2 Å². The summed E-state index contributed by atoms with van der Waals surface area (Å²) in [6, 6.07) is 14.1. The van der Waals surface area contributed by atoms with Crippen molar-refractivity contribution in [1.82, 2.24) is 10.3 Å². The molecule has 1 N–H and O–H groups in total. The van der Waals surface area contributed by atoms with Crippen LogP contribution in [0.15, 0.2) is 42.6 Å². The average Bonchev–Trinajstić information content (AvgIpc) is 2.58. The van der Waals surface area contributed by atoms with Crippen LogP contribution in [-0.2, 0) is 6.42 Å². The van der Waals surface area contributed by atoms with Crippen LogP contribution in [0.5, 0.6) is 0 Å². The van der Waals surface area contributed by atoms with Crippen molar-refractivity contribution in [2.24, 2.45) is 0 Å². The Balaban J connectivity index is 1.48. The monoisotopic (exact) mass is 323 g/mol. The molecule has 1 aliphatic heterocycles. The number of nitrogens with zero attached hydrogens (tertiary/aromatic N) is 2. The summed E-state index contributed by atoms with van der Waals surface area (Å²) in [4.78, 5) is 7.03. The SMILES string of the molecule is Cc1ccc(N2CCC(N[C@H](C)Cc3ncccc3C)CC2)cc1. The molecule has 0 unspecified atom stereocenters. The van der Waals surface area contributed by atoms with Gasteiger partial charge in [0.2, 0.25) is 0 Å². The van der Waals surface area contributed by atoms with Gasteiger partial charge >= 0.3 is 0 Å². The smallest absolute Gasteiger partial charge is 0.0448 e. The number of rotatable bonds is 5. The van der Waals surface area contributed by atoms with Crippen molar-refractivity contribution in [2.75, 3.05) is 18.0 Å². The highest BCUT2D eigenvalue weighted by Crippen LogP contribution is 2.21. The summed E-state index contributed by atoms with van der Waals surface area (Å²) in [5.41, 5.74) is 5.19. The molecule has 1 aromatic carbocycles. The topological polar surface area (TPSA) is 28.2 Å². The summed E-state index contributed by atoms with van der Waals surface area (Å²) < 4.78 is 0. The van der Waals surface area contributed by atoms with Gasteiger partial charge in [-0.2, -0.15) is 0 Å². The fraction of sp³-hybridized carbons (Fsp3) is 0.476. The first-order valence-electron chi connectivity index (χ1n) is 9.10. The Kier molecular flexibility index (Phi) is 5.52. The normalized spacial score (nSPS) is 17.0. The molecule has 1 aliphatic rings. The number of nitrogens with one attached hydrogen (secondary N) is 1. The first-order chi connectivity index (χ1) is 11.6. The van der Waals surface area contributed by atoms with E-state index in [9.17, 15) is 0 Å². The molecule has 3 nitrogen and oxygen atoms in total. The lowest BCUT2D eigenvalue weighted by atomic mass is 10.0. The molecular formula is C21H29N3. The maximum absolute atomic E-state index is 4.52. The number of hydrogen-bond acceptors (Lipinski definition) is 3. The second-order valence-electron chi connectivity index (χ2n) is 7.14. The Labute approximate surface area is 146 Å². The zero-order valence-corrected chi connectivity index (χ0v) is 15.1. The van der Waals surface area contributed by atoms with E-state index in [1.165, 1.54) is 35.3 Å². The van der Waals surface area contributed by atoms with E-state index in [1.807, 2.05) is 12.3 Å². The van der Waals surface area contributed by atoms with Gasteiger partial charge in [-0.25, -0.2) is 0 Å². The van der Waals surface area contributed by atoms with Gasteiger partial charge in [0, 0.05) is 49.2 Å². The summed E-state index contributed by atoms with van der Waals surface area (Å²) in [6.07, 6.45) is 5.32. The van der Waals surface area contributed by atoms with Crippen LogP contribution < -0.4 is 10.2 Å². The fourth-order valence-electron chi connectivity index (χ4n) is 3.54. The maximum Gasteiger partial charge on any atom is 0.0448 e. The third kappa shape index (κ3) is 4.35. The number of hydrogen-bond donors (Lipinski definition) is 1. The summed E-state index contributed by atoms with van der Waals surface area (Å²) in [5.74, 6) is 0.